The van der Waals surface area contributed by atoms with Gasteiger partial charge in [-0.2, -0.15) is 18.3 Å². The van der Waals surface area contributed by atoms with Crippen molar-refractivity contribution < 1.29 is 13.2 Å². The Labute approximate surface area is 92.6 Å². The van der Waals surface area contributed by atoms with Crippen molar-refractivity contribution in [1.82, 2.24) is 9.78 Å². The number of anilines is 1. The van der Waals surface area contributed by atoms with Gasteiger partial charge in [-0.1, -0.05) is 20.8 Å². The van der Waals surface area contributed by atoms with Crippen molar-refractivity contribution >= 4 is 5.82 Å². The largest absolute Gasteiger partial charge is 0.408 e. The maximum absolute atomic E-state index is 12.0. The molecular formula is C10H16F3N3. The van der Waals surface area contributed by atoms with Crippen LogP contribution in [0.4, 0.5) is 19.0 Å². The third kappa shape index (κ3) is 5.04. The molecule has 0 saturated heterocycles. The van der Waals surface area contributed by atoms with Crippen LogP contribution in [0.2, 0.25) is 0 Å². The first-order chi connectivity index (χ1) is 7.16. The molecule has 3 nitrogen and oxygen atoms in total. The molecule has 0 spiro atoms. The maximum Gasteiger partial charge on any atom is 0.408 e. The molecule has 0 atom stereocenters. The van der Waals surface area contributed by atoms with Gasteiger partial charge in [-0.3, -0.25) is 4.68 Å². The Morgan fingerprint density at radius 2 is 1.94 bits per heavy atom. The molecule has 0 aliphatic rings. The Balaban J connectivity index is 2.52. The van der Waals surface area contributed by atoms with E-state index in [9.17, 15) is 13.2 Å². The van der Waals surface area contributed by atoms with Crippen LogP contribution >= 0.6 is 0 Å². The fraction of sp³-hybridized carbons (Fsp3) is 0.700. The van der Waals surface area contributed by atoms with Crippen LogP contribution in [-0.4, -0.2) is 22.5 Å². The molecule has 1 rings (SSSR count). The van der Waals surface area contributed by atoms with E-state index in [2.05, 4.69) is 10.4 Å². The molecule has 1 heterocycles. The predicted octanol–water partition coefficient (Wildman–Crippen LogP) is 2.90. The van der Waals surface area contributed by atoms with Crippen molar-refractivity contribution in [2.24, 2.45) is 5.41 Å². The van der Waals surface area contributed by atoms with Crippen LogP contribution in [0.1, 0.15) is 20.8 Å². The maximum atomic E-state index is 12.0. The molecule has 1 aromatic heterocycles. The summed E-state index contributed by atoms with van der Waals surface area (Å²) >= 11 is 0. The summed E-state index contributed by atoms with van der Waals surface area (Å²) in [7, 11) is 0. The summed E-state index contributed by atoms with van der Waals surface area (Å²) in [5.74, 6) is 0.471. The van der Waals surface area contributed by atoms with E-state index in [1.165, 1.54) is 12.3 Å². The Morgan fingerprint density at radius 1 is 1.31 bits per heavy atom. The average Bonchev–Trinajstić information content (AvgIpc) is 2.44. The van der Waals surface area contributed by atoms with Crippen LogP contribution in [0, 0.1) is 5.41 Å². The second-order valence-corrected chi connectivity index (χ2v) is 4.93. The Hall–Kier alpha value is -1.20. The lowest BCUT2D eigenvalue weighted by Crippen LogP contribution is -2.20. The van der Waals surface area contributed by atoms with Gasteiger partial charge in [0.25, 0.3) is 0 Å². The molecule has 0 saturated carbocycles. The molecule has 0 bridgehead atoms. The molecule has 6 heteroatoms. The zero-order valence-electron chi connectivity index (χ0n) is 9.60. The number of alkyl halides is 3. The number of hydrogen-bond donors (Lipinski definition) is 1. The first-order valence-electron chi connectivity index (χ1n) is 5.00. The zero-order valence-corrected chi connectivity index (χ0v) is 9.60. The second kappa shape index (κ2) is 4.35. The minimum absolute atomic E-state index is 0.0633. The average molecular weight is 235 g/mol. The molecule has 92 valence electrons. The molecule has 0 fully saturated rings. The highest BCUT2D eigenvalue weighted by atomic mass is 19.4. The van der Waals surface area contributed by atoms with E-state index in [0.29, 0.717) is 12.4 Å². The first-order valence-corrected chi connectivity index (χ1v) is 5.00. The molecule has 0 amide bonds. The summed E-state index contributed by atoms with van der Waals surface area (Å²) < 4.78 is 37.0. The van der Waals surface area contributed by atoms with Crippen molar-refractivity contribution in [3.63, 3.8) is 0 Å². The lowest BCUT2D eigenvalue weighted by Gasteiger charge is -2.18. The Bertz CT molecular complexity index is 336. The highest BCUT2D eigenvalue weighted by Gasteiger charge is 2.28. The summed E-state index contributed by atoms with van der Waals surface area (Å²) in [5, 5.41) is 6.78. The summed E-state index contributed by atoms with van der Waals surface area (Å²) in [6.07, 6.45) is -2.91. The molecule has 0 aliphatic heterocycles. The Morgan fingerprint density at radius 3 is 2.44 bits per heavy atom. The summed E-state index contributed by atoms with van der Waals surface area (Å²) in [5.41, 5.74) is 0.0633. The summed E-state index contributed by atoms with van der Waals surface area (Å²) in [4.78, 5) is 0. The highest BCUT2D eigenvalue weighted by Crippen LogP contribution is 2.18. The third-order valence-corrected chi connectivity index (χ3v) is 1.78. The topological polar surface area (TPSA) is 29.9 Å². The van der Waals surface area contributed by atoms with Gasteiger partial charge in [0.05, 0.1) is 0 Å². The number of hydrogen-bond acceptors (Lipinski definition) is 2. The monoisotopic (exact) mass is 235 g/mol. The van der Waals surface area contributed by atoms with E-state index in [0.717, 1.165) is 4.68 Å². The SMILES string of the molecule is CC(C)(C)CNc1ccn(CC(F)(F)F)n1. The van der Waals surface area contributed by atoms with E-state index in [-0.39, 0.29) is 5.41 Å². The smallest absolute Gasteiger partial charge is 0.368 e. The lowest BCUT2D eigenvalue weighted by molar-refractivity contribution is -0.142. The molecule has 1 aromatic rings. The number of halogens is 3. The van der Waals surface area contributed by atoms with E-state index in [1.54, 1.807) is 0 Å². The van der Waals surface area contributed by atoms with Crippen LogP contribution < -0.4 is 5.32 Å². The standard InChI is InChI=1S/C10H16F3N3/c1-9(2,3)6-14-8-4-5-16(15-8)7-10(11,12)13/h4-5H,6-7H2,1-3H3,(H,14,15). The van der Waals surface area contributed by atoms with Crippen molar-refractivity contribution in [3.05, 3.63) is 12.3 Å². The van der Waals surface area contributed by atoms with Crippen LogP contribution in [0.25, 0.3) is 0 Å². The van der Waals surface area contributed by atoms with Gasteiger partial charge in [-0.15, -0.1) is 0 Å². The lowest BCUT2D eigenvalue weighted by atomic mass is 9.97. The van der Waals surface area contributed by atoms with Crippen LogP contribution in [0.15, 0.2) is 12.3 Å². The van der Waals surface area contributed by atoms with Gasteiger partial charge in [-0.05, 0) is 5.41 Å². The molecule has 0 aliphatic carbocycles. The number of nitrogens with one attached hydrogen (secondary N) is 1. The van der Waals surface area contributed by atoms with Gasteiger partial charge < -0.3 is 5.32 Å². The van der Waals surface area contributed by atoms with Crippen LogP contribution in [0.5, 0.6) is 0 Å². The van der Waals surface area contributed by atoms with E-state index >= 15 is 0 Å². The minimum Gasteiger partial charge on any atom is -0.368 e. The quantitative estimate of drug-likeness (QED) is 0.873. The zero-order chi connectivity index (χ0) is 12.4. The number of rotatable bonds is 3. The normalized spacial score (nSPS) is 12.9. The van der Waals surface area contributed by atoms with Crippen molar-refractivity contribution in [2.75, 3.05) is 11.9 Å². The fourth-order valence-corrected chi connectivity index (χ4v) is 1.08. The summed E-state index contributed by atoms with van der Waals surface area (Å²) in [6.45, 7) is 5.71. The molecule has 0 unspecified atom stereocenters. The van der Waals surface area contributed by atoms with Gasteiger partial charge in [-0.25, -0.2) is 0 Å². The van der Waals surface area contributed by atoms with E-state index in [4.69, 9.17) is 0 Å². The minimum atomic E-state index is -4.23. The van der Waals surface area contributed by atoms with Gasteiger partial charge >= 0.3 is 6.18 Å². The number of nitrogens with zero attached hydrogens (tertiary/aromatic N) is 2. The predicted molar refractivity (Wildman–Crippen MR) is 56.2 cm³/mol. The van der Waals surface area contributed by atoms with Crippen molar-refractivity contribution in [1.29, 1.82) is 0 Å². The van der Waals surface area contributed by atoms with Gasteiger partial charge in [0.1, 0.15) is 12.4 Å². The van der Waals surface area contributed by atoms with Gasteiger partial charge in [0, 0.05) is 18.8 Å². The van der Waals surface area contributed by atoms with Crippen LogP contribution in [0.3, 0.4) is 0 Å². The molecule has 1 N–H and O–H groups in total. The second-order valence-electron chi connectivity index (χ2n) is 4.93. The van der Waals surface area contributed by atoms with E-state index in [1.807, 2.05) is 20.8 Å². The molecule has 0 aromatic carbocycles. The molecule has 16 heavy (non-hydrogen) atoms. The van der Waals surface area contributed by atoms with Crippen LogP contribution in [-0.2, 0) is 6.54 Å². The first kappa shape index (κ1) is 12.9. The number of aromatic nitrogens is 2. The Kier molecular flexibility index (Phi) is 3.50. The van der Waals surface area contributed by atoms with Gasteiger partial charge in [0.15, 0.2) is 0 Å². The fourth-order valence-electron chi connectivity index (χ4n) is 1.08. The highest BCUT2D eigenvalue weighted by molar-refractivity contribution is 5.32. The summed E-state index contributed by atoms with van der Waals surface area (Å²) in [6, 6.07) is 1.54. The molecular weight excluding hydrogens is 219 g/mol. The van der Waals surface area contributed by atoms with Crippen molar-refractivity contribution in [3.8, 4) is 0 Å². The molecule has 0 radical (unpaired) electrons. The van der Waals surface area contributed by atoms with E-state index < -0.39 is 12.7 Å². The third-order valence-electron chi connectivity index (χ3n) is 1.78. The van der Waals surface area contributed by atoms with Crippen molar-refractivity contribution in [2.45, 2.75) is 33.5 Å². The van der Waals surface area contributed by atoms with Gasteiger partial charge in [0.2, 0.25) is 0 Å².